The van der Waals surface area contributed by atoms with Gasteiger partial charge in [-0.1, -0.05) is 47.5 Å². The molecule has 0 aliphatic carbocycles. The molecule has 0 aliphatic rings. The molecule has 6 heteroatoms. The van der Waals surface area contributed by atoms with Crippen LogP contribution in [0.2, 0.25) is 6.04 Å². The minimum Gasteiger partial charge on any atom is -0.203 e. The topological polar surface area (TPSA) is 0 Å². The Bertz CT molecular complexity index is 638. The van der Waals surface area contributed by atoms with Gasteiger partial charge < -0.3 is 0 Å². The molecule has 118 valence electrons. The zero-order valence-electron chi connectivity index (χ0n) is 12.0. The Morgan fingerprint density at radius 3 is 1.82 bits per heavy atom. The fourth-order valence-electron chi connectivity index (χ4n) is 2.26. The molecule has 2 rings (SSSR count). The molecule has 0 radical (unpaired) electrons. The summed E-state index contributed by atoms with van der Waals surface area (Å²) in [6.07, 6.45) is 0.253. The monoisotopic (exact) mass is 330 g/mol. The molecule has 0 atom stereocenters. The van der Waals surface area contributed by atoms with E-state index < -0.39 is 44.2 Å². The highest BCUT2D eigenvalue weighted by Gasteiger charge is 2.24. The summed E-state index contributed by atoms with van der Waals surface area (Å²) in [4.78, 5) is 0. The molecule has 0 fully saturated rings. The van der Waals surface area contributed by atoms with Gasteiger partial charge in [-0.25, -0.2) is 22.0 Å². The minimum atomic E-state index is -2.10. The van der Waals surface area contributed by atoms with Crippen molar-refractivity contribution < 1.29 is 22.0 Å². The third kappa shape index (κ3) is 3.55. The lowest BCUT2D eigenvalue weighted by Gasteiger charge is -2.08. The summed E-state index contributed by atoms with van der Waals surface area (Å²) < 4.78 is 66.0. The fraction of sp³-hybridized carbons (Fsp3) is 0.250. The molecule has 0 heterocycles. The second-order valence-electron chi connectivity index (χ2n) is 5.24. The summed E-state index contributed by atoms with van der Waals surface area (Å²) in [6.45, 7) is 1.98. The summed E-state index contributed by atoms with van der Waals surface area (Å²) >= 11 is 0. The van der Waals surface area contributed by atoms with E-state index in [1.807, 2.05) is 31.2 Å². The van der Waals surface area contributed by atoms with Crippen LogP contribution in [0.4, 0.5) is 22.0 Å². The lowest BCUT2D eigenvalue weighted by molar-refractivity contribution is 0.369. The average Bonchev–Trinajstić information content (AvgIpc) is 2.52. The molecule has 0 N–H and O–H groups in total. The van der Waals surface area contributed by atoms with E-state index in [9.17, 15) is 22.0 Å². The SMILES string of the molecule is Cc1ccc([SiH2]CCCc2c(F)c(F)c(F)c(F)c2F)cc1. The molecular formula is C16H15F5Si. The van der Waals surface area contributed by atoms with Crippen LogP contribution in [-0.2, 0) is 6.42 Å². The van der Waals surface area contributed by atoms with Gasteiger partial charge in [0.05, 0.1) is 9.52 Å². The second-order valence-corrected chi connectivity index (χ2v) is 7.26. The number of hydrogen-bond donors (Lipinski definition) is 0. The highest BCUT2D eigenvalue weighted by atomic mass is 28.2. The van der Waals surface area contributed by atoms with Gasteiger partial charge in [0, 0.05) is 5.56 Å². The lowest BCUT2D eigenvalue weighted by Crippen LogP contribution is -2.13. The van der Waals surface area contributed by atoms with Crippen LogP contribution in [0.3, 0.4) is 0 Å². The number of hydrogen-bond acceptors (Lipinski definition) is 0. The second kappa shape index (κ2) is 7.04. The van der Waals surface area contributed by atoms with Gasteiger partial charge in [0.15, 0.2) is 23.3 Å². The largest absolute Gasteiger partial charge is 0.203 e. The van der Waals surface area contributed by atoms with Gasteiger partial charge in [-0.05, 0) is 13.3 Å². The normalized spacial score (nSPS) is 11.5. The maximum atomic E-state index is 13.5. The fourth-order valence-corrected chi connectivity index (χ4v) is 3.73. The van der Waals surface area contributed by atoms with Crippen molar-refractivity contribution in [1.29, 1.82) is 0 Å². The maximum Gasteiger partial charge on any atom is 0.200 e. The number of rotatable bonds is 5. The van der Waals surface area contributed by atoms with Gasteiger partial charge >= 0.3 is 0 Å². The molecule has 0 bridgehead atoms. The molecule has 0 amide bonds. The van der Waals surface area contributed by atoms with E-state index in [2.05, 4.69) is 0 Å². The first-order chi connectivity index (χ1) is 10.4. The van der Waals surface area contributed by atoms with Crippen LogP contribution in [0.1, 0.15) is 17.5 Å². The van der Waals surface area contributed by atoms with Crippen LogP contribution < -0.4 is 5.19 Å². The van der Waals surface area contributed by atoms with Crippen molar-refractivity contribution in [2.45, 2.75) is 25.8 Å². The molecule has 0 aromatic heterocycles. The van der Waals surface area contributed by atoms with Crippen molar-refractivity contribution in [3.05, 3.63) is 64.5 Å². The van der Waals surface area contributed by atoms with Crippen molar-refractivity contribution in [1.82, 2.24) is 0 Å². The molecule has 2 aromatic rings. The third-order valence-corrected chi connectivity index (χ3v) is 5.47. The van der Waals surface area contributed by atoms with Crippen LogP contribution in [0.25, 0.3) is 0 Å². The molecule has 0 spiro atoms. The van der Waals surface area contributed by atoms with Crippen LogP contribution in [0.5, 0.6) is 0 Å². The lowest BCUT2D eigenvalue weighted by atomic mass is 10.1. The summed E-state index contributed by atoms with van der Waals surface area (Å²) in [6, 6.07) is 8.75. The van der Waals surface area contributed by atoms with Crippen molar-refractivity contribution >= 4 is 14.7 Å². The Morgan fingerprint density at radius 1 is 0.773 bits per heavy atom. The first-order valence-corrected chi connectivity index (χ1v) is 8.68. The highest BCUT2D eigenvalue weighted by Crippen LogP contribution is 2.24. The molecule has 2 aromatic carbocycles. The predicted molar refractivity (Wildman–Crippen MR) is 78.7 cm³/mol. The van der Waals surface area contributed by atoms with E-state index in [1.165, 1.54) is 5.19 Å². The van der Waals surface area contributed by atoms with Crippen LogP contribution in [0, 0.1) is 36.0 Å². The number of benzene rings is 2. The van der Waals surface area contributed by atoms with E-state index in [0.29, 0.717) is 6.42 Å². The molecule has 22 heavy (non-hydrogen) atoms. The molecule has 0 unspecified atom stereocenters. The van der Waals surface area contributed by atoms with Crippen molar-refractivity contribution in [2.75, 3.05) is 0 Å². The standard InChI is InChI=1S/C16H15F5Si/c1-9-4-6-10(7-5-9)22-8-2-3-11-12(17)14(19)16(21)15(20)13(11)18/h4-7H,2-3,8,22H2,1H3. The summed E-state index contributed by atoms with van der Waals surface area (Å²) in [5, 5.41) is 1.21. The van der Waals surface area contributed by atoms with Crippen LogP contribution >= 0.6 is 0 Å². The Labute approximate surface area is 127 Å². The van der Waals surface area contributed by atoms with Gasteiger partial charge in [-0.3, -0.25) is 0 Å². The smallest absolute Gasteiger partial charge is 0.200 e. The number of aryl methyl sites for hydroxylation is 1. The van der Waals surface area contributed by atoms with E-state index >= 15 is 0 Å². The molecule has 0 aliphatic heterocycles. The van der Waals surface area contributed by atoms with Crippen LogP contribution in [0.15, 0.2) is 24.3 Å². The first-order valence-electron chi connectivity index (χ1n) is 6.97. The van der Waals surface area contributed by atoms with Gasteiger partial charge in [-0.2, -0.15) is 0 Å². The van der Waals surface area contributed by atoms with E-state index in [-0.39, 0.29) is 6.42 Å². The summed E-state index contributed by atoms with van der Waals surface area (Å²) in [5.41, 5.74) is 0.438. The summed E-state index contributed by atoms with van der Waals surface area (Å²) in [7, 11) is -0.602. The molecule has 0 saturated carbocycles. The zero-order chi connectivity index (χ0) is 16.3. The van der Waals surface area contributed by atoms with Gasteiger partial charge in [-0.15, -0.1) is 0 Å². The Morgan fingerprint density at radius 2 is 1.27 bits per heavy atom. The Kier molecular flexibility index (Phi) is 5.34. The average molecular weight is 330 g/mol. The van der Waals surface area contributed by atoms with Gasteiger partial charge in [0.2, 0.25) is 5.82 Å². The van der Waals surface area contributed by atoms with Gasteiger partial charge in [0.25, 0.3) is 0 Å². The van der Waals surface area contributed by atoms with E-state index in [0.717, 1.165) is 11.6 Å². The zero-order valence-corrected chi connectivity index (χ0v) is 13.4. The molecule has 0 nitrogen and oxygen atoms in total. The quantitative estimate of drug-likeness (QED) is 0.259. The Balaban J connectivity index is 1.99. The van der Waals surface area contributed by atoms with Gasteiger partial charge in [0.1, 0.15) is 0 Å². The summed E-state index contributed by atoms with van der Waals surface area (Å²) in [5.74, 6) is -9.27. The predicted octanol–water partition coefficient (Wildman–Crippen LogP) is 3.54. The maximum absolute atomic E-state index is 13.5. The number of halogens is 5. The highest BCUT2D eigenvalue weighted by molar-refractivity contribution is 6.53. The van der Waals surface area contributed by atoms with E-state index in [4.69, 9.17) is 0 Å². The minimum absolute atomic E-state index is 0.148. The molecule has 0 saturated heterocycles. The Hall–Kier alpha value is -1.69. The van der Waals surface area contributed by atoms with Crippen molar-refractivity contribution in [3.8, 4) is 0 Å². The first kappa shape index (κ1) is 16.7. The molecular weight excluding hydrogens is 315 g/mol. The van der Waals surface area contributed by atoms with Crippen molar-refractivity contribution in [3.63, 3.8) is 0 Å². The van der Waals surface area contributed by atoms with Crippen LogP contribution in [-0.4, -0.2) is 9.52 Å². The third-order valence-electron chi connectivity index (χ3n) is 3.56. The van der Waals surface area contributed by atoms with Crippen molar-refractivity contribution in [2.24, 2.45) is 0 Å². The van der Waals surface area contributed by atoms with E-state index in [1.54, 1.807) is 0 Å².